The van der Waals surface area contributed by atoms with Gasteiger partial charge in [-0.05, 0) is 19.4 Å². The highest BCUT2D eigenvalue weighted by atomic mass is 32.1. The van der Waals surface area contributed by atoms with Gasteiger partial charge in [-0.25, -0.2) is 4.98 Å². The first-order valence-electron chi connectivity index (χ1n) is 7.50. The Kier molecular flexibility index (Phi) is 5.55. The zero-order valence-electron chi connectivity index (χ0n) is 12.9. The minimum absolute atomic E-state index is 0.123. The Balaban J connectivity index is 1.94. The van der Waals surface area contributed by atoms with Crippen LogP contribution in [0.3, 0.4) is 0 Å². The maximum absolute atomic E-state index is 9.24. The number of hydrogen-bond acceptors (Lipinski definition) is 5. The zero-order chi connectivity index (χ0) is 14.6. The maximum Gasteiger partial charge on any atom is 0.0982 e. The lowest BCUT2D eigenvalue weighted by atomic mass is 9.98. The molecule has 0 bridgehead atoms. The number of nitrogens with zero attached hydrogens (tertiary/aromatic N) is 2. The molecule has 2 heterocycles. The largest absolute Gasteiger partial charge is 0.395 e. The van der Waals surface area contributed by atoms with Crippen molar-refractivity contribution in [2.24, 2.45) is 0 Å². The van der Waals surface area contributed by atoms with E-state index in [2.05, 4.69) is 36.4 Å². The number of aromatic nitrogens is 1. The average molecular weight is 297 g/mol. The topological polar surface area (TPSA) is 48.4 Å². The van der Waals surface area contributed by atoms with E-state index >= 15 is 0 Å². The first-order chi connectivity index (χ1) is 9.49. The van der Waals surface area contributed by atoms with Gasteiger partial charge in [0.05, 0.1) is 17.3 Å². The van der Waals surface area contributed by atoms with Crippen LogP contribution in [0.1, 0.15) is 44.3 Å². The number of rotatable bonds is 6. The van der Waals surface area contributed by atoms with Gasteiger partial charge in [0.15, 0.2) is 0 Å². The van der Waals surface area contributed by atoms with Gasteiger partial charge in [-0.15, -0.1) is 11.3 Å². The van der Waals surface area contributed by atoms with E-state index in [-0.39, 0.29) is 12.0 Å². The number of aliphatic hydroxyl groups excluding tert-OH is 1. The van der Waals surface area contributed by atoms with Crippen LogP contribution >= 0.6 is 11.3 Å². The Hall–Kier alpha value is -0.490. The molecular weight excluding hydrogens is 270 g/mol. The quantitative estimate of drug-likeness (QED) is 0.843. The molecule has 2 N–H and O–H groups in total. The maximum atomic E-state index is 9.24. The molecule has 0 amide bonds. The van der Waals surface area contributed by atoms with Crippen LogP contribution in [-0.4, -0.2) is 47.3 Å². The summed E-state index contributed by atoms with van der Waals surface area (Å²) >= 11 is 1.74. The number of thiazole rings is 1. The lowest BCUT2D eigenvalue weighted by Crippen LogP contribution is -2.38. The van der Waals surface area contributed by atoms with E-state index in [1.165, 1.54) is 17.8 Å². The van der Waals surface area contributed by atoms with E-state index in [4.69, 9.17) is 4.98 Å². The van der Waals surface area contributed by atoms with Gasteiger partial charge in [-0.3, -0.25) is 4.90 Å². The molecular formula is C15H27N3OS. The van der Waals surface area contributed by atoms with Gasteiger partial charge >= 0.3 is 0 Å². The summed E-state index contributed by atoms with van der Waals surface area (Å²) in [5.74, 6) is 0. The molecule has 1 aromatic rings. The Morgan fingerprint density at radius 3 is 2.85 bits per heavy atom. The van der Waals surface area contributed by atoms with Crippen molar-refractivity contribution in [2.45, 2.75) is 51.6 Å². The molecule has 1 atom stereocenters. The molecule has 1 unspecified atom stereocenters. The lowest BCUT2D eigenvalue weighted by Gasteiger charge is -2.24. The minimum atomic E-state index is 0.123. The number of aliphatic hydroxyl groups is 1. The molecule has 2 rings (SSSR count). The van der Waals surface area contributed by atoms with Gasteiger partial charge in [0.1, 0.15) is 0 Å². The molecule has 114 valence electrons. The summed E-state index contributed by atoms with van der Waals surface area (Å²) in [4.78, 5) is 7.06. The van der Waals surface area contributed by atoms with Gasteiger partial charge in [0.25, 0.3) is 0 Å². The third-order valence-corrected chi connectivity index (χ3v) is 4.95. The van der Waals surface area contributed by atoms with Crippen LogP contribution in [-0.2, 0) is 12.0 Å². The van der Waals surface area contributed by atoms with Crippen molar-refractivity contribution in [3.63, 3.8) is 0 Å². The van der Waals surface area contributed by atoms with E-state index in [0.29, 0.717) is 6.04 Å². The molecule has 1 aliphatic rings. The summed E-state index contributed by atoms with van der Waals surface area (Å²) in [6.07, 6.45) is 2.51. The summed E-state index contributed by atoms with van der Waals surface area (Å²) in [5, 5.41) is 16.1. The lowest BCUT2D eigenvalue weighted by molar-refractivity contribution is 0.178. The van der Waals surface area contributed by atoms with E-state index in [1.54, 1.807) is 11.3 Å². The molecule has 0 spiro atoms. The SMILES string of the molecule is CC(C)(C)c1nc(CN(CCO)CC2CCCN2)cs1. The number of hydrogen-bond donors (Lipinski definition) is 2. The molecule has 0 saturated carbocycles. The summed E-state index contributed by atoms with van der Waals surface area (Å²) in [7, 11) is 0. The molecule has 1 aromatic heterocycles. The first-order valence-corrected chi connectivity index (χ1v) is 8.38. The van der Waals surface area contributed by atoms with Crippen LogP contribution in [0.2, 0.25) is 0 Å². The van der Waals surface area contributed by atoms with Crippen LogP contribution in [0.25, 0.3) is 0 Å². The third-order valence-electron chi connectivity index (χ3n) is 3.64. The highest BCUT2D eigenvalue weighted by molar-refractivity contribution is 7.09. The monoisotopic (exact) mass is 297 g/mol. The Bertz CT molecular complexity index is 407. The van der Waals surface area contributed by atoms with Gasteiger partial charge in [0, 0.05) is 36.5 Å². The molecule has 1 saturated heterocycles. The zero-order valence-corrected chi connectivity index (χ0v) is 13.7. The molecule has 5 heteroatoms. The fraction of sp³-hybridized carbons (Fsp3) is 0.800. The molecule has 1 aliphatic heterocycles. The standard InChI is InChI=1S/C15H27N3OS/c1-15(2,3)14-17-13(11-20-14)10-18(7-8-19)9-12-5-4-6-16-12/h11-12,16,19H,4-10H2,1-3H3. The van der Waals surface area contributed by atoms with Crippen LogP contribution in [0.15, 0.2) is 5.38 Å². The third kappa shape index (κ3) is 4.52. The predicted molar refractivity (Wildman–Crippen MR) is 84.2 cm³/mol. The summed E-state index contributed by atoms with van der Waals surface area (Å²) < 4.78 is 0. The predicted octanol–water partition coefficient (Wildman–Crippen LogP) is 1.99. The van der Waals surface area contributed by atoms with Crippen molar-refractivity contribution >= 4 is 11.3 Å². The van der Waals surface area contributed by atoms with Crippen molar-refractivity contribution in [1.82, 2.24) is 15.2 Å². The van der Waals surface area contributed by atoms with E-state index in [9.17, 15) is 5.11 Å². The van der Waals surface area contributed by atoms with Crippen LogP contribution in [0.5, 0.6) is 0 Å². The van der Waals surface area contributed by atoms with Crippen molar-refractivity contribution in [1.29, 1.82) is 0 Å². The molecule has 1 fully saturated rings. The van der Waals surface area contributed by atoms with E-state index in [0.717, 1.165) is 31.9 Å². The molecule has 4 nitrogen and oxygen atoms in total. The second-order valence-corrected chi connectivity index (χ2v) is 7.50. The fourth-order valence-corrected chi connectivity index (χ4v) is 3.45. The second kappa shape index (κ2) is 6.98. The summed E-state index contributed by atoms with van der Waals surface area (Å²) in [6.45, 7) is 10.5. The number of nitrogens with one attached hydrogen (secondary N) is 1. The van der Waals surface area contributed by atoms with Gasteiger partial charge in [0.2, 0.25) is 0 Å². The van der Waals surface area contributed by atoms with Crippen LogP contribution in [0.4, 0.5) is 0 Å². The molecule has 0 aliphatic carbocycles. The molecule has 20 heavy (non-hydrogen) atoms. The Morgan fingerprint density at radius 1 is 1.50 bits per heavy atom. The van der Waals surface area contributed by atoms with E-state index < -0.39 is 0 Å². The highest BCUT2D eigenvalue weighted by Crippen LogP contribution is 2.26. The average Bonchev–Trinajstić information content (AvgIpc) is 2.99. The highest BCUT2D eigenvalue weighted by Gasteiger charge is 2.21. The van der Waals surface area contributed by atoms with Crippen molar-refractivity contribution in [3.05, 3.63) is 16.1 Å². The van der Waals surface area contributed by atoms with Crippen LogP contribution in [0, 0.1) is 0 Å². The summed E-state index contributed by atoms with van der Waals surface area (Å²) in [6, 6.07) is 0.572. The Morgan fingerprint density at radius 2 is 2.30 bits per heavy atom. The van der Waals surface area contributed by atoms with Gasteiger partial charge in [-0.1, -0.05) is 20.8 Å². The second-order valence-electron chi connectivity index (χ2n) is 6.65. The summed E-state index contributed by atoms with van der Waals surface area (Å²) in [5.41, 5.74) is 1.25. The van der Waals surface area contributed by atoms with Gasteiger partial charge in [-0.2, -0.15) is 0 Å². The van der Waals surface area contributed by atoms with Crippen molar-refractivity contribution < 1.29 is 5.11 Å². The van der Waals surface area contributed by atoms with Gasteiger partial charge < -0.3 is 10.4 Å². The van der Waals surface area contributed by atoms with Crippen LogP contribution < -0.4 is 5.32 Å². The van der Waals surface area contributed by atoms with E-state index in [1.807, 2.05) is 0 Å². The Labute approximate surface area is 126 Å². The smallest absolute Gasteiger partial charge is 0.0982 e. The fourth-order valence-electron chi connectivity index (χ4n) is 2.55. The minimum Gasteiger partial charge on any atom is -0.395 e. The van der Waals surface area contributed by atoms with Crippen molar-refractivity contribution in [2.75, 3.05) is 26.2 Å². The first kappa shape index (κ1) is 15.9. The van der Waals surface area contributed by atoms with Crippen molar-refractivity contribution in [3.8, 4) is 0 Å². The molecule has 0 aromatic carbocycles. The normalized spacial score (nSPS) is 19.9. The molecule has 0 radical (unpaired) electrons.